The van der Waals surface area contributed by atoms with E-state index in [2.05, 4.69) is 11.9 Å². The van der Waals surface area contributed by atoms with Gasteiger partial charge in [0.25, 0.3) is 20.2 Å². The molecule has 19 heavy (non-hydrogen) atoms. The van der Waals surface area contributed by atoms with E-state index in [1.54, 1.807) is 0 Å². The maximum atomic E-state index is 9.95. The number of hydrogen-bond acceptors (Lipinski definition) is 7. The number of nitrogens with two attached hydrogens (primary N) is 1. The molecule has 0 spiro atoms. The van der Waals surface area contributed by atoms with Gasteiger partial charge in [-0.2, -0.15) is 16.8 Å². The van der Waals surface area contributed by atoms with Crippen LogP contribution in [0.4, 0.5) is 0 Å². The molecule has 0 heterocycles. The van der Waals surface area contributed by atoms with Gasteiger partial charge >= 0.3 is 29.6 Å². The van der Waals surface area contributed by atoms with Gasteiger partial charge in [0.05, 0.1) is 11.5 Å². The van der Waals surface area contributed by atoms with E-state index in [0.29, 0.717) is 3.94 Å². The van der Waals surface area contributed by atoms with E-state index < -0.39 is 26.0 Å². The van der Waals surface area contributed by atoms with Crippen LogP contribution in [-0.4, -0.2) is 54.5 Å². The standard InChI is InChI=1S/C2H5Cl2NO3S.C2H7NO3S.ClO.Na/c3-5(4)1-2-9(6,7)8;3-1-2-7(4,5)6;1-2;/h1-2H2,(H,6,7,8);1-3H2,(H,4,5,6);;/q;;-1;+1. The fourth-order valence-electron chi connectivity index (χ4n) is 0.333. The Bertz CT molecular complexity index is 376. The summed E-state index contributed by atoms with van der Waals surface area (Å²) in [6.45, 7) is -0.138. The third-order valence-electron chi connectivity index (χ3n) is 0.894. The van der Waals surface area contributed by atoms with Crippen LogP contribution in [0.15, 0.2) is 0 Å². The minimum absolute atomic E-state index is 0. The summed E-state index contributed by atoms with van der Waals surface area (Å²) >= 11 is 13.4. The Morgan fingerprint density at radius 3 is 1.37 bits per heavy atom. The number of hydrogen-bond donors (Lipinski definition) is 3. The molecule has 0 aliphatic rings. The Hall–Kier alpha value is 1.57. The molecule has 0 radical (unpaired) electrons. The SMILES string of the molecule is NCCS(=O)(=O)O.O=S(=O)(O)CCN(Cl)Cl.[Na+].[O-]Cl. The van der Waals surface area contributed by atoms with Crippen molar-refractivity contribution in [2.75, 3.05) is 24.6 Å². The van der Waals surface area contributed by atoms with Crippen molar-refractivity contribution in [3.8, 4) is 0 Å². The molecule has 0 unspecified atom stereocenters. The first kappa shape index (κ1) is 28.7. The second kappa shape index (κ2) is 15.9. The van der Waals surface area contributed by atoms with E-state index in [1.807, 2.05) is 0 Å². The third-order valence-corrected chi connectivity index (χ3v) is 2.68. The molecular formula is C4H12Cl3N2NaO7S2. The Morgan fingerprint density at radius 2 is 1.32 bits per heavy atom. The first-order chi connectivity index (χ1) is 7.98. The van der Waals surface area contributed by atoms with Crippen LogP contribution in [-0.2, 0) is 20.2 Å². The second-order valence-electron chi connectivity index (χ2n) is 2.39. The predicted molar refractivity (Wildman–Crippen MR) is 66.2 cm³/mol. The van der Waals surface area contributed by atoms with Gasteiger partial charge in [-0.3, -0.25) is 9.11 Å². The molecule has 0 rings (SSSR count). The van der Waals surface area contributed by atoms with Crippen LogP contribution in [0, 0.1) is 0 Å². The zero-order valence-corrected chi connectivity index (χ0v) is 15.6. The monoisotopic (exact) mass is 392 g/mol. The summed E-state index contributed by atoms with van der Waals surface area (Å²) in [5.41, 5.74) is 4.78. The fraction of sp³-hybridized carbons (Fsp3) is 1.00. The van der Waals surface area contributed by atoms with E-state index in [9.17, 15) is 16.8 Å². The normalized spacial score (nSPS) is 10.5. The van der Waals surface area contributed by atoms with E-state index in [4.69, 9.17) is 43.1 Å². The first-order valence-corrected chi connectivity index (χ1v) is 8.03. The molecule has 0 saturated carbocycles. The minimum Gasteiger partial charge on any atom is -0.769 e. The summed E-state index contributed by atoms with van der Waals surface area (Å²) in [7, 11) is -7.73. The van der Waals surface area contributed by atoms with Crippen molar-refractivity contribution in [3.63, 3.8) is 0 Å². The molecule has 0 saturated heterocycles. The van der Waals surface area contributed by atoms with E-state index in [0.717, 1.165) is 0 Å². The molecule has 0 atom stereocenters. The van der Waals surface area contributed by atoms with Crippen molar-refractivity contribution in [1.82, 2.24) is 3.94 Å². The Balaban J connectivity index is -0.000000102. The summed E-state index contributed by atoms with van der Waals surface area (Å²) in [4.78, 5) is 0. The second-order valence-corrected chi connectivity index (χ2v) is 6.52. The first-order valence-electron chi connectivity index (χ1n) is 3.83. The van der Waals surface area contributed by atoms with E-state index in [1.165, 1.54) is 0 Å². The van der Waals surface area contributed by atoms with Crippen molar-refractivity contribution >= 4 is 55.7 Å². The van der Waals surface area contributed by atoms with Crippen molar-refractivity contribution < 1.29 is 60.2 Å². The van der Waals surface area contributed by atoms with Gasteiger partial charge in [-0.15, -0.1) is 3.94 Å². The van der Waals surface area contributed by atoms with Gasteiger partial charge in [-0.1, -0.05) is 0 Å². The molecule has 0 amide bonds. The largest absolute Gasteiger partial charge is 1.00 e. The van der Waals surface area contributed by atoms with Crippen molar-refractivity contribution in [2.45, 2.75) is 0 Å². The Kier molecular flexibility index (Phi) is 24.1. The van der Waals surface area contributed by atoms with Crippen LogP contribution >= 0.6 is 35.4 Å². The van der Waals surface area contributed by atoms with Gasteiger partial charge in [0.15, 0.2) is 0 Å². The molecule has 4 N–H and O–H groups in total. The van der Waals surface area contributed by atoms with Crippen LogP contribution in [0.2, 0.25) is 0 Å². The molecule has 0 aromatic carbocycles. The van der Waals surface area contributed by atoms with Crippen LogP contribution in [0.3, 0.4) is 0 Å². The van der Waals surface area contributed by atoms with Gasteiger partial charge in [-0.05, 0) is 23.6 Å². The molecule has 114 valence electrons. The Labute approximate surface area is 149 Å². The fourth-order valence-corrected chi connectivity index (χ4v) is 1.41. The van der Waals surface area contributed by atoms with Gasteiger partial charge in [0.2, 0.25) is 0 Å². The summed E-state index contributed by atoms with van der Waals surface area (Å²) in [5, 5.41) is 0. The van der Waals surface area contributed by atoms with Crippen LogP contribution in [0.5, 0.6) is 0 Å². The number of nitrogens with zero attached hydrogens (tertiary/aromatic N) is 1. The molecule has 0 aliphatic heterocycles. The van der Waals surface area contributed by atoms with E-state index in [-0.39, 0.29) is 48.4 Å². The minimum atomic E-state index is -3.93. The van der Waals surface area contributed by atoms with Crippen LogP contribution in [0.25, 0.3) is 0 Å². The van der Waals surface area contributed by atoms with Crippen molar-refractivity contribution in [3.05, 3.63) is 0 Å². The Morgan fingerprint density at radius 1 is 1.00 bits per heavy atom. The molecule has 0 fully saturated rings. The summed E-state index contributed by atoms with van der Waals surface area (Å²) < 4.78 is 63.7. The zero-order valence-electron chi connectivity index (χ0n) is 9.74. The van der Waals surface area contributed by atoms with Gasteiger partial charge in [0.1, 0.15) is 0 Å². The molecule has 0 aromatic rings. The zero-order chi connectivity index (χ0) is 15.4. The molecule has 15 heteroatoms. The average Bonchev–Trinajstić information content (AvgIpc) is 2.16. The van der Waals surface area contributed by atoms with Crippen LogP contribution in [0.1, 0.15) is 0 Å². The van der Waals surface area contributed by atoms with Gasteiger partial charge in [-0.25, -0.2) is 11.9 Å². The third kappa shape index (κ3) is 45.1. The quantitative estimate of drug-likeness (QED) is 0.239. The van der Waals surface area contributed by atoms with E-state index >= 15 is 0 Å². The maximum absolute atomic E-state index is 9.95. The maximum Gasteiger partial charge on any atom is 1.00 e. The summed E-state index contributed by atoms with van der Waals surface area (Å²) in [6.07, 6.45) is 0. The summed E-state index contributed by atoms with van der Waals surface area (Å²) in [6, 6.07) is 0. The van der Waals surface area contributed by atoms with Gasteiger partial charge in [0, 0.05) is 13.1 Å². The average molecular weight is 394 g/mol. The molecular weight excluding hydrogens is 382 g/mol. The molecule has 0 bridgehead atoms. The van der Waals surface area contributed by atoms with Crippen molar-refractivity contribution in [2.24, 2.45) is 5.73 Å². The molecule has 0 aromatic heterocycles. The van der Waals surface area contributed by atoms with Crippen LogP contribution < -0.4 is 39.9 Å². The summed E-state index contributed by atoms with van der Waals surface area (Å²) in [5.74, 6) is -0.812. The topological polar surface area (TPSA) is 161 Å². The number of halogens is 3. The van der Waals surface area contributed by atoms with Crippen molar-refractivity contribution in [1.29, 1.82) is 0 Å². The molecule has 0 aliphatic carbocycles. The smallest absolute Gasteiger partial charge is 0.769 e. The predicted octanol–water partition coefficient (Wildman–Crippen LogP) is -4.18. The number of rotatable bonds is 5. The van der Waals surface area contributed by atoms with Gasteiger partial charge < -0.3 is 10.4 Å². The molecule has 9 nitrogen and oxygen atoms in total.